The predicted molar refractivity (Wildman–Crippen MR) is 209 cm³/mol. The molecule has 0 saturated carbocycles. The third-order valence-corrected chi connectivity index (χ3v) is 11.5. The summed E-state index contributed by atoms with van der Waals surface area (Å²) in [6.07, 6.45) is 7.00. The Kier molecular flexibility index (Phi) is 5.77. The lowest BCUT2D eigenvalue weighted by Crippen LogP contribution is -2.27. The molecule has 0 fully saturated rings. The number of hydrogen-bond acceptors (Lipinski definition) is 0. The van der Waals surface area contributed by atoms with E-state index >= 15 is 0 Å². The topological polar surface area (TPSA) is 4.93 Å². The van der Waals surface area contributed by atoms with Crippen LogP contribution in [0.5, 0.6) is 0 Å². The van der Waals surface area contributed by atoms with E-state index < -0.39 is 0 Å². The van der Waals surface area contributed by atoms with Crippen LogP contribution in [0.4, 0.5) is 0 Å². The number of nitrogens with zero attached hydrogens (tertiary/aromatic N) is 1. The lowest BCUT2D eigenvalue weighted by molar-refractivity contribution is 0.781. The number of allylic oxidation sites excluding steroid dienone is 4. The lowest BCUT2D eigenvalue weighted by atomic mass is 9.69. The van der Waals surface area contributed by atoms with Crippen molar-refractivity contribution in [1.82, 2.24) is 4.57 Å². The van der Waals surface area contributed by atoms with Gasteiger partial charge in [-0.2, -0.15) is 0 Å². The van der Waals surface area contributed by atoms with Crippen LogP contribution in [0.25, 0.3) is 66.4 Å². The second-order valence-corrected chi connectivity index (χ2v) is 13.9. The second kappa shape index (κ2) is 10.4. The normalized spacial score (nSPS) is 15.0. The summed E-state index contributed by atoms with van der Waals surface area (Å²) in [6, 6.07) is 61.0. The van der Waals surface area contributed by atoms with Gasteiger partial charge in [0.15, 0.2) is 0 Å². The minimum absolute atomic E-state index is 0.297. The van der Waals surface area contributed by atoms with Crippen LogP contribution in [-0.4, -0.2) is 4.57 Å². The van der Waals surface area contributed by atoms with Gasteiger partial charge < -0.3 is 4.57 Å². The molecule has 0 aliphatic heterocycles. The maximum absolute atomic E-state index is 2.52. The molecule has 1 heterocycles. The monoisotopic (exact) mass is 635 g/mol. The van der Waals surface area contributed by atoms with Crippen molar-refractivity contribution in [2.24, 2.45) is 0 Å². The largest absolute Gasteiger partial charge is 0.309 e. The van der Waals surface area contributed by atoms with Gasteiger partial charge in [-0.15, -0.1) is 0 Å². The molecule has 3 aliphatic carbocycles. The van der Waals surface area contributed by atoms with Gasteiger partial charge in [0.2, 0.25) is 0 Å². The SMILES string of the molecule is C1=CC2=C(CC1)c1ccc(-c3ccc4c(c3)c3ccccc3n4-c3cccc(-c4ccccc4)c3)cc1C21c2ccccc2-c2ccccc21. The Morgan fingerprint density at radius 1 is 0.440 bits per heavy atom. The van der Waals surface area contributed by atoms with Gasteiger partial charge in [0.05, 0.1) is 16.4 Å². The van der Waals surface area contributed by atoms with Crippen LogP contribution >= 0.6 is 0 Å². The van der Waals surface area contributed by atoms with Crippen LogP contribution in [0.2, 0.25) is 0 Å². The van der Waals surface area contributed by atoms with Gasteiger partial charge >= 0.3 is 0 Å². The van der Waals surface area contributed by atoms with Gasteiger partial charge in [-0.25, -0.2) is 0 Å². The minimum atomic E-state index is -0.297. The molecule has 50 heavy (non-hydrogen) atoms. The van der Waals surface area contributed by atoms with Crippen LogP contribution in [0.15, 0.2) is 182 Å². The molecular weight excluding hydrogens is 603 g/mol. The van der Waals surface area contributed by atoms with Crippen molar-refractivity contribution >= 4 is 27.4 Å². The summed E-state index contributed by atoms with van der Waals surface area (Å²) in [5.41, 5.74) is 19.6. The van der Waals surface area contributed by atoms with E-state index in [1.165, 1.54) is 94.3 Å². The lowest BCUT2D eigenvalue weighted by Gasteiger charge is -2.32. The highest BCUT2D eigenvalue weighted by molar-refractivity contribution is 6.10. The molecule has 1 spiro atoms. The van der Waals surface area contributed by atoms with Gasteiger partial charge in [0, 0.05) is 16.5 Å². The maximum Gasteiger partial charge on any atom is 0.0722 e. The van der Waals surface area contributed by atoms with Crippen molar-refractivity contribution in [1.29, 1.82) is 0 Å². The van der Waals surface area contributed by atoms with Gasteiger partial charge in [0.25, 0.3) is 0 Å². The smallest absolute Gasteiger partial charge is 0.0722 e. The number of fused-ring (bicyclic) bond motifs is 12. The zero-order valence-electron chi connectivity index (χ0n) is 27.6. The quantitative estimate of drug-likeness (QED) is 0.182. The molecule has 0 radical (unpaired) electrons. The number of para-hydroxylation sites is 1. The summed E-state index contributed by atoms with van der Waals surface area (Å²) in [6.45, 7) is 0. The zero-order chi connectivity index (χ0) is 32.8. The van der Waals surface area contributed by atoms with Gasteiger partial charge in [0.1, 0.15) is 0 Å². The van der Waals surface area contributed by atoms with Crippen LogP contribution in [0, 0.1) is 0 Å². The van der Waals surface area contributed by atoms with Crippen molar-refractivity contribution in [3.05, 3.63) is 204 Å². The summed E-state index contributed by atoms with van der Waals surface area (Å²) >= 11 is 0. The zero-order valence-corrected chi connectivity index (χ0v) is 27.6. The average Bonchev–Trinajstić information content (AvgIpc) is 3.80. The van der Waals surface area contributed by atoms with Gasteiger partial charge in [-0.1, -0.05) is 140 Å². The van der Waals surface area contributed by atoms with Crippen molar-refractivity contribution in [3.8, 4) is 39.1 Å². The Morgan fingerprint density at radius 3 is 1.94 bits per heavy atom. The number of rotatable bonds is 3. The Labute approximate surface area is 292 Å². The molecule has 3 aliphatic rings. The van der Waals surface area contributed by atoms with E-state index in [9.17, 15) is 0 Å². The first-order chi connectivity index (χ1) is 24.8. The van der Waals surface area contributed by atoms with E-state index in [1.807, 2.05) is 0 Å². The maximum atomic E-state index is 2.52. The molecule has 11 rings (SSSR count). The highest BCUT2D eigenvalue weighted by atomic mass is 15.0. The Hall–Kier alpha value is -6.18. The molecule has 0 bridgehead atoms. The summed E-state index contributed by atoms with van der Waals surface area (Å²) < 4.78 is 2.43. The van der Waals surface area contributed by atoms with E-state index in [1.54, 1.807) is 0 Å². The molecule has 8 aromatic rings. The average molecular weight is 636 g/mol. The highest BCUT2D eigenvalue weighted by Gasteiger charge is 2.52. The first-order valence-electron chi connectivity index (χ1n) is 17.7. The second-order valence-electron chi connectivity index (χ2n) is 13.9. The van der Waals surface area contributed by atoms with Crippen LogP contribution in [0.1, 0.15) is 35.1 Å². The van der Waals surface area contributed by atoms with Crippen molar-refractivity contribution in [3.63, 3.8) is 0 Å². The third kappa shape index (κ3) is 3.67. The highest BCUT2D eigenvalue weighted by Crippen LogP contribution is 2.63. The number of hydrogen-bond donors (Lipinski definition) is 0. The molecule has 0 saturated heterocycles. The van der Waals surface area contributed by atoms with E-state index in [0.29, 0.717) is 0 Å². The molecule has 0 atom stereocenters. The molecule has 1 heteroatoms. The van der Waals surface area contributed by atoms with Crippen LogP contribution in [0.3, 0.4) is 0 Å². The molecule has 234 valence electrons. The van der Waals surface area contributed by atoms with Gasteiger partial charge in [-0.3, -0.25) is 0 Å². The Bertz CT molecular complexity index is 2710. The fraction of sp³-hybridized carbons (Fsp3) is 0.0612. The van der Waals surface area contributed by atoms with E-state index in [4.69, 9.17) is 0 Å². The van der Waals surface area contributed by atoms with Crippen LogP contribution in [-0.2, 0) is 5.41 Å². The first kappa shape index (κ1) is 27.7. The molecule has 0 N–H and O–H groups in total. The molecule has 0 unspecified atom stereocenters. The summed E-state index contributed by atoms with van der Waals surface area (Å²) in [7, 11) is 0. The molecule has 7 aromatic carbocycles. The fourth-order valence-corrected chi connectivity index (χ4v) is 9.44. The molecule has 1 nitrogen and oxygen atoms in total. The summed E-state index contributed by atoms with van der Waals surface area (Å²) in [5.74, 6) is 0. The summed E-state index contributed by atoms with van der Waals surface area (Å²) in [4.78, 5) is 0. The summed E-state index contributed by atoms with van der Waals surface area (Å²) in [5, 5.41) is 2.54. The van der Waals surface area contributed by atoms with E-state index in [2.05, 4.69) is 181 Å². The van der Waals surface area contributed by atoms with Crippen LogP contribution < -0.4 is 0 Å². The standard InChI is InChI=1S/C49H33N/c1-2-13-32(14-3-1)33-15-12-16-36(29-33)50-47-24-11-7-20-41(47)42-30-34(26-28-48(42)50)35-25-27-40-39-19-6-10-23-45(39)49(46(40)31-35)43-21-8-4-17-37(43)38-18-5-9-22-44(38)49/h1-5,7-18,20-31H,6,19H2. The van der Waals surface area contributed by atoms with Gasteiger partial charge in [-0.05, 0) is 116 Å². The number of aromatic nitrogens is 1. The Balaban J connectivity index is 1.11. The van der Waals surface area contributed by atoms with Crippen molar-refractivity contribution in [2.75, 3.05) is 0 Å². The first-order valence-corrected chi connectivity index (χ1v) is 17.7. The van der Waals surface area contributed by atoms with Crippen molar-refractivity contribution < 1.29 is 0 Å². The number of benzene rings is 7. The van der Waals surface area contributed by atoms with E-state index in [-0.39, 0.29) is 5.41 Å². The molecule has 1 aromatic heterocycles. The van der Waals surface area contributed by atoms with Crippen molar-refractivity contribution in [2.45, 2.75) is 18.3 Å². The predicted octanol–water partition coefficient (Wildman–Crippen LogP) is 12.5. The Morgan fingerprint density at radius 2 is 1.10 bits per heavy atom. The third-order valence-electron chi connectivity index (χ3n) is 11.5. The fourth-order valence-electron chi connectivity index (χ4n) is 9.44. The minimum Gasteiger partial charge on any atom is -0.309 e. The van der Waals surface area contributed by atoms with E-state index in [0.717, 1.165) is 12.8 Å². The molecule has 0 amide bonds. The molecular formula is C49H33N.